The van der Waals surface area contributed by atoms with E-state index in [4.69, 9.17) is 0 Å². The van der Waals surface area contributed by atoms with E-state index in [-0.39, 0.29) is 16.2 Å². The van der Waals surface area contributed by atoms with Crippen LogP contribution in [0.2, 0.25) is 0 Å². The third-order valence-electron chi connectivity index (χ3n) is 11.4. The van der Waals surface area contributed by atoms with Gasteiger partial charge in [0, 0.05) is 21.9 Å². The number of fused-ring (bicyclic) bond motifs is 9. The summed E-state index contributed by atoms with van der Waals surface area (Å²) >= 11 is 0. The van der Waals surface area contributed by atoms with Gasteiger partial charge >= 0.3 is 0 Å². The zero-order valence-electron chi connectivity index (χ0n) is 27.6. The summed E-state index contributed by atoms with van der Waals surface area (Å²) in [6.07, 6.45) is 0. The molecule has 0 unspecified atom stereocenters. The van der Waals surface area contributed by atoms with Gasteiger partial charge in [0.1, 0.15) is 0 Å². The first kappa shape index (κ1) is 27.4. The van der Waals surface area contributed by atoms with E-state index in [0.717, 1.165) is 0 Å². The summed E-state index contributed by atoms with van der Waals surface area (Å²) in [5, 5.41) is 0. The number of nitrogens with zero attached hydrogens (tertiary/aromatic N) is 1. The van der Waals surface area contributed by atoms with Gasteiger partial charge in [-0.1, -0.05) is 145 Å². The van der Waals surface area contributed by atoms with Crippen molar-refractivity contribution in [3.05, 3.63) is 161 Å². The van der Waals surface area contributed by atoms with E-state index in [2.05, 4.69) is 174 Å². The molecule has 0 saturated heterocycles. The summed E-state index contributed by atoms with van der Waals surface area (Å²) in [6.45, 7) is 14.5. The van der Waals surface area contributed by atoms with Crippen molar-refractivity contribution in [2.24, 2.45) is 0 Å². The fourth-order valence-corrected chi connectivity index (χ4v) is 9.35. The van der Waals surface area contributed by atoms with Gasteiger partial charge in [0.05, 0.1) is 11.4 Å². The van der Waals surface area contributed by atoms with E-state index < -0.39 is 0 Å². The van der Waals surface area contributed by atoms with Gasteiger partial charge in [-0.2, -0.15) is 0 Å². The highest BCUT2D eigenvalue weighted by Crippen LogP contribution is 2.64. The first-order valence-electron chi connectivity index (χ1n) is 16.6. The Morgan fingerprint density at radius 2 is 0.783 bits per heavy atom. The molecule has 0 spiro atoms. The zero-order chi connectivity index (χ0) is 31.6. The molecular weight excluding hydrogens is 555 g/mol. The van der Waals surface area contributed by atoms with Crippen LogP contribution in [-0.2, 0) is 16.2 Å². The Morgan fingerprint density at radius 3 is 1.30 bits per heavy atom. The zero-order valence-corrected chi connectivity index (χ0v) is 27.6. The van der Waals surface area contributed by atoms with Gasteiger partial charge in [0.15, 0.2) is 0 Å². The quantitative estimate of drug-likeness (QED) is 0.197. The van der Waals surface area contributed by atoms with Gasteiger partial charge in [-0.15, -0.1) is 0 Å². The van der Waals surface area contributed by atoms with E-state index >= 15 is 0 Å². The third kappa shape index (κ3) is 3.36. The van der Waals surface area contributed by atoms with Gasteiger partial charge in [0.25, 0.3) is 0 Å². The van der Waals surface area contributed by atoms with E-state index in [1.54, 1.807) is 0 Å². The van der Waals surface area contributed by atoms with Gasteiger partial charge in [0.2, 0.25) is 0 Å². The van der Waals surface area contributed by atoms with E-state index in [1.807, 2.05) is 0 Å². The summed E-state index contributed by atoms with van der Waals surface area (Å²) < 4.78 is 0. The molecule has 6 aromatic carbocycles. The molecule has 0 bridgehead atoms. The lowest BCUT2D eigenvalue weighted by atomic mass is 9.75. The Bertz CT molecular complexity index is 2150. The maximum atomic E-state index is 2.64. The second-order valence-corrected chi connectivity index (χ2v) is 15.0. The number of hydrogen-bond acceptors (Lipinski definition) is 1. The SMILES string of the molecule is CC1(C)c2ccccc2-c2cccc(N(c3ccccc3)c3c4c(cc5c3C(C)(C)c3ccccc3-5)-c3ccccc3C4(C)C)c21. The minimum absolute atomic E-state index is 0.159. The maximum absolute atomic E-state index is 2.64. The highest BCUT2D eigenvalue weighted by atomic mass is 15.2. The summed E-state index contributed by atoms with van der Waals surface area (Å²) in [7, 11) is 0. The fourth-order valence-electron chi connectivity index (χ4n) is 9.35. The van der Waals surface area contributed by atoms with Crippen LogP contribution < -0.4 is 4.90 Å². The molecule has 1 nitrogen and oxygen atoms in total. The van der Waals surface area contributed by atoms with Crippen LogP contribution >= 0.6 is 0 Å². The minimum atomic E-state index is -0.190. The molecule has 1 heteroatoms. The molecule has 0 aromatic heterocycles. The standard InChI is InChI=1S/C45H39N/c1-43(2)35-23-13-10-19-29(35)32-22-16-26-38(39(32)43)46(28-17-8-7-9-18-28)42-40-33(30-20-11-14-24-36(30)44(40,3)4)27-34-31-21-12-15-25-37(31)45(5,6)41(34)42/h7-27H,1-6H3. The number of rotatable bonds is 3. The molecule has 46 heavy (non-hydrogen) atoms. The Labute approximate surface area is 273 Å². The molecule has 0 N–H and O–H groups in total. The molecule has 0 heterocycles. The van der Waals surface area contributed by atoms with E-state index in [9.17, 15) is 0 Å². The molecule has 3 aliphatic rings. The second kappa shape index (κ2) is 9.10. The third-order valence-corrected chi connectivity index (χ3v) is 11.4. The van der Waals surface area contributed by atoms with Crippen LogP contribution in [0.25, 0.3) is 33.4 Å². The fraction of sp³-hybridized carbons (Fsp3) is 0.200. The molecule has 0 amide bonds. The van der Waals surface area contributed by atoms with Crippen molar-refractivity contribution in [3.63, 3.8) is 0 Å². The van der Waals surface area contributed by atoms with Crippen molar-refractivity contribution < 1.29 is 0 Å². The highest BCUT2D eigenvalue weighted by molar-refractivity contribution is 6.01. The summed E-state index contributed by atoms with van der Waals surface area (Å²) in [5.41, 5.74) is 19.8. The van der Waals surface area contributed by atoms with Gasteiger partial charge in [-0.25, -0.2) is 0 Å². The van der Waals surface area contributed by atoms with Crippen LogP contribution in [0.15, 0.2) is 127 Å². The predicted molar refractivity (Wildman–Crippen MR) is 194 cm³/mol. The first-order chi connectivity index (χ1) is 22.1. The van der Waals surface area contributed by atoms with E-state index in [0.29, 0.717) is 0 Å². The van der Waals surface area contributed by atoms with E-state index in [1.165, 1.54) is 83.8 Å². The summed E-state index contributed by atoms with van der Waals surface area (Å²) in [6, 6.07) is 47.8. The minimum Gasteiger partial charge on any atom is -0.310 e. The lowest BCUT2D eigenvalue weighted by Crippen LogP contribution is -2.27. The van der Waals surface area contributed by atoms with Crippen LogP contribution in [0.4, 0.5) is 17.1 Å². The summed E-state index contributed by atoms with van der Waals surface area (Å²) in [5.74, 6) is 0. The van der Waals surface area contributed by atoms with Crippen molar-refractivity contribution in [2.75, 3.05) is 4.90 Å². The average molecular weight is 594 g/mol. The van der Waals surface area contributed by atoms with Gasteiger partial charge in [-0.05, 0) is 91.0 Å². The first-order valence-corrected chi connectivity index (χ1v) is 16.6. The molecule has 224 valence electrons. The molecule has 3 aliphatic carbocycles. The lowest BCUT2D eigenvalue weighted by Gasteiger charge is -2.39. The monoisotopic (exact) mass is 593 g/mol. The molecule has 0 atom stereocenters. The lowest BCUT2D eigenvalue weighted by molar-refractivity contribution is 0.638. The molecule has 0 radical (unpaired) electrons. The Balaban J connectivity index is 1.46. The Kier molecular flexibility index (Phi) is 5.43. The Hall–Kier alpha value is -4.88. The predicted octanol–water partition coefficient (Wildman–Crippen LogP) is 12.1. The average Bonchev–Trinajstić information content (AvgIpc) is 3.55. The van der Waals surface area contributed by atoms with Crippen molar-refractivity contribution >= 4 is 17.1 Å². The molecular formula is C45H39N. The van der Waals surface area contributed by atoms with Crippen LogP contribution in [0.3, 0.4) is 0 Å². The van der Waals surface area contributed by atoms with Crippen molar-refractivity contribution in [1.29, 1.82) is 0 Å². The number of para-hydroxylation sites is 1. The van der Waals surface area contributed by atoms with Crippen LogP contribution in [0.5, 0.6) is 0 Å². The van der Waals surface area contributed by atoms with Crippen LogP contribution in [0, 0.1) is 0 Å². The Morgan fingerprint density at radius 1 is 0.370 bits per heavy atom. The van der Waals surface area contributed by atoms with Crippen LogP contribution in [-0.4, -0.2) is 0 Å². The normalized spacial score (nSPS) is 16.6. The smallest absolute Gasteiger partial charge is 0.0555 e. The molecule has 0 aliphatic heterocycles. The molecule has 0 fully saturated rings. The van der Waals surface area contributed by atoms with Crippen molar-refractivity contribution in [3.8, 4) is 33.4 Å². The number of benzene rings is 6. The maximum Gasteiger partial charge on any atom is 0.0555 e. The van der Waals surface area contributed by atoms with Crippen molar-refractivity contribution in [2.45, 2.75) is 57.8 Å². The molecule has 0 saturated carbocycles. The highest BCUT2D eigenvalue weighted by Gasteiger charge is 2.48. The van der Waals surface area contributed by atoms with Gasteiger partial charge < -0.3 is 4.90 Å². The second-order valence-electron chi connectivity index (χ2n) is 15.0. The van der Waals surface area contributed by atoms with Gasteiger partial charge in [-0.3, -0.25) is 0 Å². The number of hydrogen-bond donors (Lipinski definition) is 0. The van der Waals surface area contributed by atoms with Crippen LogP contribution in [0.1, 0.15) is 74.9 Å². The largest absolute Gasteiger partial charge is 0.310 e. The number of anilines is 3. The topological polar surface area (TPSA) is 3.24 Å². The molecule has 9 rings (SSSR count). The molecule has 6 aromatic rings. The van der Waals surface area contributed by atoms with Crippen molar-refractivity contribution in [1.82, 2.24) is 0 Å². The summed E-state index contributed by atoms with van der Waals surface area (Å²) in [4.78, 5) is 2.64.